The van der Waals surface area contributed by atoms with Gasteiger partial charge in [0.2, 0.25) is 17.2 Å². The predicted octanol–water partition coefficient (Wildman–Crippen LogP) is 4.13. The van der Waals surface area contributed by atoms with Gasteiger partial charge in [-0.15, -0.1) is 10.2 Å². The highest BCUT2D eigenvalue weighted by molar-refractivity contribution is 6.33. The molecule has 2 heterocycles. The number of carbonyl (C=O) groups is 2. The third kappa shape index (κ3) is 4.92. The molecule has 178 valence electrons. The van der Waals surface area contributed by atoms with E-state index in [0.29, 0.717) is 21.6 Å². The zero-order valence-electron chi connectivity index (χ0n) is 18.5. The number of nitrogens with one attached hydrogen (secondary N) is 1. The second kappa shape index (κ2) is 9.82. The normalized spacial score (nSPS) is 11.3. The van der Waals surface area contributed by atoms with Crippen molar-refractivity contribution in [1.29, 1.82) is 0 Å². The maximum Gasteiger partial charge on any atom is 0.284 e. The average Bonchev–Trinajstić information content (AvgIpc) is 3.10. The molecule has 0 saturated carbocycles. The molecular weight excluding hydrogens is 474 g/mol. The number of halogens is 1. The molecule has 0 fully saturated rings. The van der Waals surface area contributed by atoms with Crippen molar-refractivity contribution in [3.05, 3.63) is 81.7 Å². The summed E-state index contributed by atoms with van der Waals surface area (Å²) >= 11 is 6.10. The number of fused-ring (bicyclic) bond motifs is 1. The average molecular weight is 494 g/mol. The maximum atomic E-state index is 12.6. The van der Waals surface area contributed by atoms with Crippen molar-refractivity contribution in [2.75, 3.05) is 5.32 Å². The highest BCUT2D eigenvalue weighted by Crippen LogP contribution is 2.38. The standard InChI is InChI=1S/C24H20ClN5O5/c1-14-23(34)19(31)10-11-29(14)12-21(33)27-28-22-15-6-2-5-9-18(15)30(24(22)35)13-20(32)26-17-8-4-3-7-16(17)25/h2-11,34-35H,12-13H2,1H3,(H,26,32). The number of para-hydroxylation sites is 2. The van der Waals surface area contributed by atoms with Crippen molar-refractivity contribution in [1.82, 2.24) is 9.13 Å². The molecule has 0 unspecified atom stereocenters. The molecule has 0 saturated heterocycles. The van der Waals surface area contributed by atoms with E-state index in [0.717, 1.165) is 6.07 Å². The molecule has 4 aromatic rings. The van der Waals surface area contributed by atoms with Crippen molar-refractivity contribution in [3.8, 4) is 11.6 Å². The van der Waals surface area contributed by atoms with Crippen LogP contribution in [0.15, 0.2) is 75.8 Å². The topological polar surface area (TPSA) is 138 Å². The van der Waals surface area contributed by atoms with E-state index in [1.807, 2.05) is 0 Å². The summed E-state index contributed by atoms with van der Waals surface area (Å²) in [4.78, 5) is 36.5. The number of hydrogen-bond acceptors (Lipinski definition) is 6. The second-order valence-electron chi connectivity index (χ2n) is 7.64. The van der Waals surface area contributed by atoms with Crippen LogP contribution in [0.3, 0.4) is 0 Å². The van der Waals surface area contributed by atoms with Crippen LogP contribution < -0.4 is 10.7 Å². The van der Waals surface area contributed by atoms with Crippen LogP contribution in [-0.2, 0) is 22.7 Å². The minimum atomic E-state index is -0.677. The molecule has 0 bridgehead atoms. The Morgan fingerprint density at radius 2 is 1.74 bits per heavy atom. The van der Waals surface area contributed by atoms with Gasteiger partial charge in [-0.05, 0) is 25.1 Å². The molecule has 10 nitrogen and oxygen atoms in total. The number of aromatic hydroxyl groups is 2. The number of hydrogen-bond donors (Lipinski definition) is 3. The molecule has 2 aromatic carbocycles. The van der Waals surface area contributed by atoms with E-state index in [4.69, 9.17) is 11.6 Å². The SMILES string of the molecule is Cc1c(O)c(=O)ccn1CC(=O)N=Nc1c(O)n(CC(=O)Nc2ccccc2Cl)c2ccccc12. The number of rotatable bonds is 6. The second-order valence-corrected chi connectivity index (χ2v) is 8.05. The molecule has 0 aliphatic rings. The molecular formula is C24H20ClN5O5. The summed E-state index contributed by atoms with van der Waals surface area (Å²) in [5, 5.41) is 31.8. The zero-order valence-corrected chi connectivity index (χ0v) is 19.2. The van der Waals surface area contributed by atoms with Crippen LogP contribution in [0, 0.1) is 6.92 Å². The van der Waals surface area contributed by atoms with Gasteiger partial charge in [0.15, 0.2) is 11.4 Å². The van der Waals surface area contributed by atoms with Crippen LogP contribution in [0.1, 0.15) is 5.69 Å². The summed E-state index contributed by atoms with van der Waals surface area (Å²) in [6.07, 6.45) is 1.37. The van der Waals surface area contributed by atoms with Gasteiger partial charge in [0.05, 0.1) is 21.9 Å². The number of carbonyl (C=O) groups excluding carboxylic acids is 2. The van der Waals surface area contributed by atoms with Gasteiger partial charge in [0, 0.05) is 17.6 Å². The van der Waals surface area contributed by atoms with E-state index in [1.165, 1.54) is 22.3 Å². The molecule has 11 heteroatoms. The molecule has 4 rings (SSSR count). The maximum absolute atomic E-state index is 12.6. The molecule has 0 aliphatic carbocycles. The van der Waals surface area contributed by atoms with E-state index in [9.17, 15) is 24.6 Å². The molecule has 0 aliphatic heterocycles. The lowest BCUT2D eigenvalue weighted by Gasteiger charge is -2.09. The minimum absolute atomic E-state index is 0.0268. The van der Waals surface area contributed by atoms with Crippen LogP contribution in [0.25, 0.3) is 10.9 Å². The molecule has 3 N–H and O–H groups in total. The van der Waals surface area contributed by atoms with Gasteiger partial charge < -0.3 is 24.7 Å². The fourth-order valence-electron chi connectivity index (χ4n) is 3.54. The lowest BCUT2D eigenvalue weighted by molar-refractivity contribution is -0.119. The Morgan fingerprint density at radius 1 is 1.03 bits per heavy atom. The molecule has 35 heavy (non-hydrogen) atoms. The highest BCUT2D eigenvalue weighted by atomic mass is 35.5. The lowest BCUT2D eigenvalue weighted by atomic mass is 10.2. The van der Waals surface area contributed by atoms with Gasteiger partial charge in [-0.1, -0.05) is 41.9 Å². The number of aromatic nitrogens is 2. The van der Waals surface area contributed by atoms with Crippen molar-refractivity contribution < 1.29 is 19.8 Å². The first kappa shape index (κ1) is 23.7. The van der Waals surface area contributed by atoms with Crippen LogP contribution in [0.5, 0.6) is 11.6 Å². The summed E-state index contributed by atoms with van der Waals surface area (Å²) in [7, 11) is 0. The number of azo groups is 1. The van der Waals surface area contributed by atoms with Gasteiger partial charge in [-0.3, -0.25) is 14.4 Å². The first-order valence-electron chi connectivity index (χ1n) is 10.4. The summed E-state index contributed by atoms with van der Waals surface area (Å²) in [5.74, 6) is -1.90. The Balaban J connectivity index is 1.59. The Bertz CT molecular complexity index is 1540. The predicted molar refractivity (Wildman–Crippen MR) is 130 cm³/mol. The fourth-order valence-corrected chi connectivity index (χ4v) is 3.73. The summed E-state index contributed by atoms with van der Waals surface area (Å²) < 4.78 is 2.71. The van der Waals surface area contributed by atoms with E-state index in [1.54, 1.807) is 48.5 Å². The van der Waals surface area contributed by atoms with Crippen LogP contribution in [0.4, 0.5) is 11.4 Å². The van der Waals surface area contributed by atoms with E-state index in [2.05, 4.69) is 15.5 Å². The van der Waals surface area contributed by atoms with Gasteiger partial charge in [0.1, 0.15) is 13.1 Å². The Labute approximate surface area is 203 Å². The van der Waals surface area contributed by atoms with Crippen molar-refractivity contribution in [2.24, 2.45) is 10.2 Å². The summed E-state index contributed by atoms with van der Waals surface area (Å²) in [6, 6.07) is 14.8. The first-order chi connectivity index (χ1) is 16.8. The summed E-state index contributed by atoms with van der Waals surface area (Å²) in [5.41, 5.74) is 0.638. The number of pyridine rings is 1. The van der Waals surface area contributed by atoms with Crippen LogP contribution in [-0.4, -0.2) is 31.2 Å². The van der Waals surface area contributed by atoms with Crippen LogP contribution >= 0.6 is 11.6 Å². The minimum Gasteiger partial charge on any atom is -0.503 e. The van der Waals surface area contributed by atoms with Gasteiger partial charge >= 0.3 is 0 Å². The van der Waals surface area contributed by atoms with Crippen LogP contribution in [0.2, 0.25) is 5.02 Å². The zero-order chi connectivity index (χ0) is 25.1. The lowest BCUT2D eigenvalue weighted by Crippen LogP contribution is -2.18. The first-order valence-corrected chi connectivity index (χ1v) is 10.8. The fraction of sp³-hybridized carbons (Fsp3) is 0.125. The van der Waals surface area contributed by atoms with Gasteiger partial charge in [0.25, 0.3) is 5.91 Å². The van der Waals surface area contributed by atoms with Crippen molar-refractivity contribution >= 4 is 45.7 Å². The van der Waals surface area contributed by atoms with Crippen molar-refractivity contribution in [3.63, 3.8) is 0 Å². The van der Waals surface area contributed by atoms with Gasteiger partial charge in [-0.25, -0.2) is 0 Å². The Hall–Kier alpha value is -4.44. The van der Waals surface area contributed by atoms with E-state index in [-0.39, 0.29) is 30.4 Å². The molecule has 2 aromatic heterocycles. The number of anilines is 1. The third-order valence-electron chi connectivity index (χ3n) is 5.35. The molecule has 0 radical (unpaired) electrons. The molecule has 0 spiro atoms. The number of nitrogens with zero attached hydrogens (tertiary/aromatic N) is 4. The smallest absolute Gasteiger partial charge is 0.284 e. The van der Waals surface area contributed by atoms with E-state index < -0.39 is 23.0 Å². The molecule has 0 atom stereocenters. The summed E-state index contributed by atoms with van der Waals surface area (Å²) in [6.45, 7) is 0.980. The largest absolute Gasteiger partial charge is 0.503 e. The van der Waals surface area contributed by atoms with Crippen molar-refractivity contribution in [2.45, 2.75) is 20.0 Å². The molecule has 2 amide bonds. The van der Waals surface area contributed by atoms with Gasteiger partial charge in [-0.2, -0.15) is 0 Å². The monoisotopic (exact) mass is 493 g/mol. The van der Waals surface area contributed by atoms with E-state index >= 15 is 0 Å². The third-order valence-corrected chi connectivity index (χ3v) is 5.68. The number of amides is 2. The quantitative estimate of drug-likeness (QED) is 0.347. The number of benzene rings is 2. The Kier molecular flexibility index (Phi) is 6.65. The Morgan fingerprint density at radius 3 is 2.51 bits per heavy atom. The highest BCUT2D eigenvalue weighted by Gasteiger charge is 2.19.